The number of rotatable bonds is 4. The maximum Gasteiger partial charge on any atom is 0.325 e. The van der Waals surface area contributed by atoms with Crippen molar-refractivity contribution in [1.29, 1.82) is 0 Å². The molecule has 0 atom stereocenters. The lowest BCUT2D eigenvalue weighted by Crippen LogP contribution is -2.34. The Morgan fingerprint density at radius 3 is 2.55 bits per heavy atom. The highest BCUT2D eigenvalue weighted by molar-refractivity contribution is 9.10. The molecule has 0 saturated carbocycles. The Balaban J connectivity index is 2.61. The Kier molecular flexibility index (Phi) is 5.63. The number of aliphatic carboxylic acids is 1. The summed E-state index contributed by atoms with van der Waals surface area (Å²) in [7, 11) is 0. The van der Waals surface area contributed by atoms with Gasteiger partial charge in [0, 0.05) is 12.1 Å². The Labute approximate surface area is 122 Å². The molecule has 1 aromatic rings. The van der Waals surface area contributed by atoms with Crippen LogP contribution in [-0.4, -0.2) is 23.0 Å². The van der Waals surface area contributed by atoms with Crippen molar-refractivity contribution in [3.63, 3.8) is 0 Å². The molecule has 6 nitrogen and oxygen atoms in total. The second-order valence-electron chi connectivity index (χ2n) is 3.98. The molecule has 0 heterocycles. The third kappa shape index (κ3) is 4.96. The molecule has 1 aromatic carbocycles. The first kappa shape index (κ1) is 16.1. The van der Waals surface area contributed by atoms with E-state index in [0.717, 1.165) is 0 Å². The first-order chi connectivity index (χ1) is 9.29. The van der Waals surface area contributed by atoms with Crippen LogP contribution >= 0.6 is 15.9 Å². The summed E-state index contributed by atoms with van der Waals surface area (Å²) >= 11 is 2.98. The van der Waals surface area contributed by atoms with Crippen molar-refractivity contribution in [3.8, 4) is 0 Å². The number of carboxylic acids is 1. The number of nitrogens with one attached hydrogen (secondary N) is 2. The van der Waals surface area contributed by atoms with Gasteiger partial charge in [-0.05, 0) is 40.5 Å². The van der Waals surface area contributed by atoms with Crippen molar-refractivity contribution >= 4 is 39.5 Å². The summed E-state index contributed by atoms with van der Waals surface area (Å²) < 4.78 is 13.4. The molecule has 0 saturated heterocycles. The molecule has 3 N–H and O–H groups in total. The number of carbonyl (C=O) groups is 3. The third-order valence-corrected chi connectivity index (χ3v) is 2.94. The number of imide groups is 1. The Morgan fingerprint density at radius 2 is 1.95 bits per heavy atom. The zero-order valence-corrected chi connectivity index (χ0v) is 12.1. The molecule has 0 aliphatic heterocycles. The number of hydrogen-bond acceptors (Lipinski definition) is 3. The van der Waals surface area contributed by atoms with Crippen molar-refractivity contribution in [3.05, 3.63) is 28.0 Å². The van der Waals surface area contributed by atoms with E-state index in [4.69, 9.17) is 5.11 Å². The van der Waals surface area contributed by atoms with Crippen molar-refractivity contribution < 1.29 is 23.9 Å². The van der Waals surface area contributed by atoms with Crippen LogP contribution < -0.4 is 10.6 Å². The second kappa shape index (κ2) is 6.99. The Morgan fingerprint density at radius 1 is 1.30 bits per heavy atom. The molecule has 1 rings (SSSR count). The van der Waals surface area contributed by atoms with Crippen LogP contribution in [-0.2, 0) is 9.59 Å². The van der Waals surface area contributed by atoms with Gasteiger partial charge in [-0.15, -0.1) is 0 Å². The molecule has 3 amide bonds. The second-order valence-corrected chi connectivity index (χ2v) is 4.83. The number of aryl methyl sites for hydroxylation is 1. The number of carbonyl (C=O) groups excluding carboxylic acids is 2. The van der Waals surface area contributed by atoms with E-state index in [9.17, 15) is 18.8 Å². The third-order valence-electron chi connectivity index (χ3n) is 2.33. The van der Waals surface area contributed by atoms with Crippen molar-refractivity contribution in [2.24, 2.45) is 0 Å². The minimum Gasteiger partial charge on any atom is -0.481 e. The molecule has 0 radical (unpaired) electrons. The number of halogens is 2. The van der Waals surface area contributed by atoms with Gasteiger partial charge >= 0.3 is 12.0 Å². The highest BCUT2D eigenvalue weighted by Gasteiger charge is 2.12. The fraction of sp³-hybridized carbons (Fsp3) is 0.250. The lowest BCUT2D eigenvalue weighted by Gasteiger charge is -2.10. The molecule has 0 aliphatic rings. The summed E-state index contributed by atoms with van der Waals surface area (Å²) in [6.45, 7) is 1.59. The number of amides is 3. The highest BCUT2D eigenvalue weighted by Crippen LogP contribution is 2.24. The largest absolute Gasteiger partial charge is 0.481 e. The van der Waals surface area contributed by atoms with Crippen molar-refractivity contribution in [2.45, 2.75) is 19.8 Å². The zero-order valence-electron chi connectivity index (χ0n) is 10.5. The van der Waals surface area contributed by atoms with E-state index in [-0.39, 0.29) is 17.3 Å². The summed E-state index contributed by atoms with van der Waals surface area (Å²) in [6, 6.07) is 1.79. The summed E-state index contributed by atoms with van der Waals surface area (Å²) in [6.07, 6.45) is -0.658. The first-order valence-corrected chi connectivity index (χ1v) is 6.37. The van der Waals surface area contributed by atoms with Gasteiger partial charge in [0.2, 0.25) is 5.91 Å². The van der Waals surface area contributed by atoms with Crippen LogP contribution in [0.5, 0.6) is 0 Å². The van der Waals surface area contributed by atoms with Gasteiger partial charge in [0.25, 0.3) is 0 Å². The van der Waals surface area contributed by atoms with Crippen LogP contribution in [0.4, 0.5) is 14.9 Å². The SMILES string of the molecule is Cc1cc(F)c(Br)cc1NC(=O)NC(=O)CCC(=O)O. The number of anilines is 1. The maximum absolute atomic E-state index is 13.2. The molecular weight excluding hydrogens is 335 g/mol. The molecule has 20 heavy (non-hydrogen) atoms. The smallest absolute Gasteiger partial charge is 0.325 e. The van der Waals surface area contributed by atoms with Crippen molar-refractivity contribution in [1.82, 2.24) is 5.32 Å². The average molecular weight is 347 g/mol. The monoisotopic (exact) mass is 346 g/mol. The summed E-state index contributed by atoms with van der Waals surface area (Å²) in [5.41, 5.74) is 0.820. The van der Waals surface area contributed by atoms with Gasteiger partial charge in [-0.3, -0.25) is 14.9 Å². The van der Waals surface area contributed by atoms with Gasteiger partial charge in [0.1, 0.15) is 5.82 Å². The normalized spacial score (nSPS) is 9.95. The van der Waals surface area contributed by atoms with Gasteiger partial charge in [0.05, 0.1) is 10.9 Å². The Bertz CT molecular complexity index is 563. The van der Waals surface area contributed by atoms with Crippen LogP contribution in [0.2, 0.25) is 0 Å². The van der Waals surface area contributed by atoms with E-state index in [1.165, 1.54) is 12.1 Å². The van der Waals surface area contributed by atoms with E-state index in [1.54, 1.807) is 6.92 Å². The van der Waals surface area contributed by atoms with E-state index < -0.39 is 23.7 Å². The fourth-order valence-electron chi connectivity index (χ4n) is 1.34. The van der Waals surface area contributed by atoms with Gasteiger partial charge < -0.3 is 10.4 Å². The van der Waals surface area contributed by atoms with Crippen LogP contribution in [0, 0.1) is 12.7 Å². The average Bonchev–Trinajstić information content (AvgIpc) is 2.33. The number of urea groups is 1. The number of benzene rings is 1. The fourth-order valence-corrected chi connectivity index (χ4v) is 1.69. The van der Waals surface area contributed by atoms with E-state index in [2.05, 4.69) is 21.2 Å². The van der Waals surface area contributed by atoms with Crippen LogP contribution in [0.15, 0.2) is 16.6 Å². The van der Waals surface area contributed by atoms with Gasteiger partial charge in [-0.1, -0.05) is 0 Å². The molecule has 108 valence electrons. The zero-order chi connectivity index (χ0) is 15.3. The molecule has 0 bridgehead atoms. The standard InChI is InChI=1S/C12H12BrFN2O4/c1-6-4-8(14)7(13)5-9(6)15-12(20)16-10(17)2-3-11(18)19/h4-5H,2-3H2,1H3,(H,18,19)(H2,15,16,17,20). The predicted octanol–water partition coefficient (Wildman–Crippen LogP) is 2.41. The van der Waals surface area contributed by atoms with Gasteiger partial charge in [-0.2, -0.15) is 0 Å². The van der Waals surface area contributed by atoms with Crippen LogP contribution in [0.25, 0.3) is 0 Å². The molecule has 0 fully saturated rings. The summed E-state index contributed by atoms with van der Waals surface area (Å²) in [5, 5.41) is 12.8. The summed E-state index contributed by atoms with van der Waals surface area (Å²) in [5.74, 6) is -2.30. The maximum atomic E-state index is 13.2. The Hall–Kier alpha value is -1.96. The van der Waals surface area contributed by atoms with E-state index in [1.807, 2.05) is 5.32 Å². The lowest BCUT2D eigenvalue weighted by molar-refractivity contribution is -0.138. The molecule has 0 unspecified atom stereocenters. The predicted molar refractivity (Wildman–Crippen MR) is 72.9 cm³/mol. The van der Waals surface area contributed by atoms with Crippen LogP contribution in [0.3, 0.4) is 0 Å². The van der Waals surface area contributed by atoms with Crippen molar-refractivity contribution in [2.75, 3.05) is 5.32 Å². The summed E-state index contributed by atoms with van der Waals surface area (Å²) in [4.78, 5) is 33.0. The van der Waals surface area contributed by atoms with Gasteiger partial charge in [0.15, 0.2) is 0 Å². The quantitative estimate of drug-likeness (QED) is 0.779. The molecule has 0 spiro atoms. The molecule has 8 heteroatoms. The minimum absolute atomic E-state index is 0.176. The molecule has 0 aliphatic carbocycles. The van der Waals surface area contributed by atoms with E-state index >= 15 is 0 Å². The minimum atomic E-state index is -1.13. The van der Waals surface area contributed by atoms with E-state index in [0.29, 0.717) is 11.3 Å². The topological polar surface area (TPSA) is 95.5 Å². The molecule has 0 aromatic heterocycles. The highest BCUT2D eigenvalue weighted by atomic mass is 79.9. The molecular formula is C12H12BrFN2O4. The lowest BCUT2D eigenvalue weighted by atomic mass is 10.2. The van der Waals surface area contributed by atoms with Crippen LogP contribution in [0.1, 0.15) is 18.4 Å². The number of carboxylic acid groups (broad SMARTS) is 1. The van der Waals surface area contributed by atoms with Gasteiger partial charge in [-0.25, -0.2) is 9.18 Å². The first-order valence-electron chi connectivity index (χ1n) is 5.58. The number of hydrogen-bond donors (Lipinski definition) is 3.